The monoisotopic (exact) mass is 255 g/mol. The molecule has 1 aliphatic rings. The van der Waals surface area contributed by atoms with Crippen molar-refractivity contribution in [3.8, 4) is 6.07 Å². The van der Waals surface area contributed by atoms with Gasteiger partial charge in [0.25, 0.3) is 0 Å². The van der Waals surface area contributed by atoms with Crippen molar-refractivity contribution in [3.63, 3.8) is 0 Å². The predicted octanol–water partition coefficient (Wildman–Crippen LogP) is 3.50. The lowest BCUT2D eigenvalue weighted by atomic mass is 9.67. The number of rotatable bonds is 4. The van der Waals surface area contributed by atoms with Crippen molar-refractivity contribution in [2.24, 2.45) is 17.3 Å². The van der Waals surface area contributed by atoms with Crippen molar-refractivity contribution in [2.75, 3.05) is 5.75 Å². The lowest BCUT2D eigenvalue weighted by molar-refractivity contribution is 0.143. The maximum atomic E-state index is 12.1. The average Bonchev–Trinajstić information content (AvgIpc) is 2.36. The van der Waals surface area contributed by atoms with Crippen LogP contribution in [-0.4, -0.2) is 15.2 Å². The Balaban J connectivity index is 2.80. The number of nitriles is 1. The minimum atomic E-state index is -0.823. The van der Waals surface area contributed by atoms with Gasteiger partial charge < -0.3 is 0 Å². The molecule has 0 bridgehead atoms. The first-order valence-electron chi connectivity index (χ1n) is 6.73. The lowest BCUT2D eigenvalue weighted by Gasteiger charge is -2.40. The third kappa shape index (κ3) is 3.31. The fraction of sp³-hybridized carbons (Fsp3) is 0.929. The highest BCUT2D eigenvalue weighted by atomic mass is 32.2. The van der Waals surface area contributed by atoms with Gasteiger partial charge in [0.2, 0.25) is 0 Å². The van der Waals surface area contributed by atoms with Gasteiger partial charge in [-0.2, -0.15) is 5.26 Å². The van der Waals surface area contributed by atoms with Gasteiger partial charge in [-0.3, -0.25) is 4.21 Å². The van der Waals surface area contributed by atoms with Gasteiger partial charge in [0.15, 0.2) is 0 Å². The smallest absolute Gasteiger partial charge is 0.0668 e. The third-order valence-corrected chi connectivity index (χ3v) is 6.36. The fourth-order valence-electron chi connectivity index (χ4n) is 2.78. The topological polar surface area (TPSA) is 40.9 Å². The molecule has 1 saturated carbocycles. The van der Waals surface area contributed by atoms with Gasteiger partial charge in [-0.25, -0.2) is 0 Å². The molecule has 1 fully saturated rings. The average molecular weight is 255 g/mol. The van der Waals surface area contributed by atoms with Crippen molar-refractivity contribution in [3.05, 3.63) is 0 Å². The van der Waals surface area contributed by atoms with Crippen molar-refractivity contribution < 1.29 is 4.21 Å². The zero-order valence-corrected chi connectivity index (χ0v) is 12.3. The minimum Gasteiger partial charge on any atom is -0.259 e. The summed E-state index contributed by atoms with van der Waals surface area (Å²) >= 11 is 0. The molecule has 0 aromatic heterocycles. The van der Waals surface area contributed by atoms with Crippen LogP contribution in [0.3, 0.4) is 0 Å². The summed E-state index contributed by atoms with van der Waals surface area (Å²) in [5.74, 6) is 1.32. The Hall–Kier alpha value is -0.360. The van der Waals surface area contributed by atoms with E-state index in [-0.39, 0.29) is 11.2 Å². The van der Waals surface area contributed by atoms with Gasteiger partial charge >= 0.3 is 0 Å². The molecule has 0 N–H and O–H groups in total. The maximum absolute atomic E-state index is 12.1. The molecule has 0 heterocycles. The van der Waals surface area contributed by atoms with E-state index < -0.39 is 10.8 Å². The minimum absolute atomic E-state index is 0.0136. The van der Waals surface area contributed by atoms with Crippen LogP contribution >= 0.6 is 0 Å². The molecule has 4 unspecified atom stereocenters. The largest absolute Gasteiger partial charge is 0.259 e. The van der Waals surface area contributed by atoms with Crippen molar-refractivity contribution in [1.82, 2.24) is 0 Å². The van der Waals surface area contributed by atoms with E-state index in [1.54, 1.807) is 0 Å². The van der Waals surface area contributed by atoms with Crippen LogP contribution in [0.25, 0.3) is 0 Å². The summed E-state index contributed by atoms with van der Waals surface area (Å²) < 4.78 is 12.1. The van der Waals surface area contributed by atoms with E-state index in [0.29, 0.717) is 17.1 Å². The first-order valence-corrected chi connectivity index (χ1v) is 8.11. The standard InChI is InChI=1S/C14H25NOS/c1-5-14(3,4)12-8-7-11(10-15)13(9-12)17(16)6-2/h11-13H,5-9H2,1-4H3. The van der Waals surface area contributed by atoms with Crippen molar-refractivity contribution in [2.45, 2.75) is 58.6 Å². The highest BCUT2D eigenvalue weighted by Gasteiger charge is 2.39. The Kier molecular flexibility index (Phi) is 5.19. The molecule has 0 amide bonds. The second-order valence-corrected chi connectivity index (χ2v) is 7.74. The van der Waals surface area contributed by atoms with E-state index >= 15 is 0 Å². The van der Waals surface area contributed by atoms with E-state index in [9.17, 15) is 4.21 Å². The van der Waals surface area contributed by atoms with Crippen LogP contribution < -0.4 is 0 Å². The molecule has 0 aromatic rings. The predicted molar refractivity (Wildman–Crippen MR) is 73.0 cm³/mol. The Bertz CT molecular complexity index is 319. The molecule has 0 aliphatic heterocycles. The van der Waals surface area contributed by atoms with Crippen LogP contribution in [0.4, 0.5) is 0 Å². The molecule has 0 spiro atoms. The van der Waals surface area contributed by atoms with Gasteiger partial charge in [-0.1, -0.05) is 34.1 Å². The Morgan fingerprint density at radius 3 is 2.47 bits per heavy atom. The number of hydrogen-bond acceptors (Lipinski definition) is 2. The molecule has 0 radical (unpaired) electrons. The summed E-state index contributed by atoms with van der Waals surface area (Å²) in [6.45, 7) is 8.79. The SMILES string of the molecule is CCS(=O)C1CC(C(C)(C)CC)CCC1C#N. The third-order valence-electron chi connectivity index (χ3n) is 4.60. The van der Waals surface area contributed by atoms with E-state index in [2.05, 4.69) is 26.8 Å². The van der Waals surface area contributed by atoms with Gasteiger partial charge in [0.05, 0.1) is 17.2 Å². The van der Waals surface area contributed by atoms with E-state index in [4.69, 9.17) is 5.26 Å². The molecular formula is C14H25NOS. The summed E-state index contributed by atoms with van der Waals surface area (Å²) in [7, 11) is -0.823. The molecule has 2 nitrogen and oxygen atoms in total. The molecule has 0 saturated heterocycles. The molecule has 98 valence electrons. The normalized spacial score (nSPS) is 31.8. The van der Waals surface area contributed by atoms with Crippen LogP contribution in [0, 0.1) is 28.6 Å². The van der Waals surface area contributed by atoms with Crippen LogP contribution in [0.15, 0.2) is 0 Å². The number of nitrogens with zero attached hydrogens (tertiary/aromatic N) is 1. The van der Waals surface area contributed by atoms with E-state index in [0.717, 1.165) is 25.7 Å². The van der Waals surface area contributed by atoms with Crippen molar-refractivity contribution in [1.29, 1.82) is 5.26 Å². The molecule has 3 heteroatoms. The first kappa shape index (κ1) is 14.7. The molecule has 1 rings (SSSR count). The summed E-state index contributed by atoms with van der Waals surface area (Å²) in [5, 5.41) is 9.27. The first-order chi connectivity index (χ1) is 7.96. The van der Waals surface area contributed by atoms with Gasteiger partial charge in [-0.15, -0.1) is 0 Å². The van der Waals surface area contributed by atoms with Crippen LogP contribution in [-0.2, 0) is 10.8 Å². The van der Waals surface area contributed by atoms with E-state index in [1.807, 2.05) is 6.92 Å². The van der Waals surface area contributed by atoms with Crippen LogP contribution in [0.5, 0.6) is 0 Å². The Morgan fingerprint density at radius 1 is 1.35 bits per heavy atom. The zero-order chi connectivity index (χ0) is 13.1. The Labute approximate surface area is 108 Å². The maximum Gasteiger partial charge on any atom is 0.0668 e. The molecule has 4 atom stereocenters. The molecule has 0 aromatic carbocycles. The van der Waals surface area contributed by atoms with Crippen molar-refractivity contribution >= 4 is 10.8 Å². The quantitative estimate of drug-likeness (QED) is 0.771. The second kappa shape index (κ2) is 6.00. The summed E-state index contributed by atoms with van der Waals surface area (Å²) in [6.07, 6.45) is 4.18. The summed E-state index contributed by atoms with van der Waals surface area (Å²) in [4.78, 5) is 0. The highest BCUT2D eigenvalue weighted by molar-refractivity contribution is 7.85. The molecule has 1 aliphatic carbocycles. The van der Waals surface area contributed by atoms with Gasteiger partial charge in [0, 0.05) is 16.6 Å². The highest BCUT2D eigenvalue weighted by Crippen LogP contribution is 2.43. The lowest BCUT2D eigenvalue weighted by Crippen LogP contribution is -2.38. The fourth-order valence-corrected chi connectivity index (χ4v) is 4.22. The van der Waals surface area contributed by atoms with Crippen LogP contribution in [0.2, 0.25) is 0 Å². The summed E-state index contributed by atoms with van der Waals surface area (Å²) in [6, 6.07) is 2.37. The molecule has 17 heavy (non-hydrogen) atoms. The second-order valence-electron chi connectivity index (χ2n) is 5.80. The van der Waals surface area contributed by atoms with Crippen LogP contribution in [0.1, 0.15) is 53.4 Å². The Morgan fingerprint density at radius 2 is 2.00 bits per heavy atom. The van der Waals surface area contributed by atoms with Gasteiger partial charge in [0.1, 0.15) is 0 Å². The number of hydrogen-bond donors (Lipinski definition) is 0. The van der Waals surface area contributed by atoms with Gasteiger partial charge in [-0.05, 0) is 30.6 Å². The zero-order valence-electron chi connectivity index (χ0n) is 11.5. The molecular weight excluding hydrogens is 230 g/mol. The van der Waals surface area contributed by atoms with E-state index in [1.165, 1.54) is 0 Å². The summed E-state index contributed by atoms with van der Waals surface area (Å²) in [5.41, 5.74) is 0.316.